The number of hydrogen-bond donors (Lipinski definition) is 2. The number of halogens is 3. The summed E-state index contributed by atoms with van der Waals surface area (Å²) in [6.45, 7) is -1.47. The number of carbonyl (C=O) groups excluding carboxylic acids is 1. The van der Waals surface area contributed by atoms with Crippen LogP contribution in [0.25, 0.3) is 5.70 Å². The Labute approximate surface area is 205 Å². The third-order valence-electron chi connectivity index (χ3n) is 5.58. The number of ether oxygens (including phenoxy) is 2. The topological polar surface area (TPSA) is 133 Å². The second kappa shape index (κ2) is 9.80. The molecule has 1 aromatic carbocycles. The Kier molecular flexibility index (Phi) is 6.94. The lowest BCUT2D eigenvalue weighted by Gasteiger charge is -2.39. The molecule has 0 radical (unpaired) electrons. The van der Waals surface area contributed by atoms with Crippen LogP contribution in [0.1, 0.15) is 18.9 Å². The SMILES string of the molecule is CC1(NC(=O)C2CO/C(=C(/N)c3cccc(OC(F)F)c3)C(=Nc3ccc(F)cn3)C2)CS(=O)(=O)C1. The van der Waals surface area contributed by atoms with Crippen molar-refractivity contribution >= 4 is 33.0 Å². The second-order valence-corrected chi connectivity index (χ2v) is 10.9. The first kappa shape index (κ1) is 25.5. The molecule has 2 fully saturated rings. The van der Waals surface area contributed by atoms with E-state index in [4.69, 9.17) is 10.5 Å². The quantitative estimate of drug-likeness (QED) is 0.593. The summed E-state index contributed by atoms with van der Waals surface area (Å²) in [5, 5.41) is 2.76. The van der Waals surface area contributed by atoms with Crippen molar-refractivity contribution in [3.05, 3.63) is 59.7 Å². The summed E-state index contributed by atoms with van der Waals surface area (Å²) in [5.41, 5.74) is 6.04. The van der Waals surface area contributed by atoms with E-state index in [-0.39, 0.29) is 53.3 Å². The Morgan fingerprint density at radius 3 is 2.69 bits per heavy atom. The highest BCUT2D eigenvalue weighted by molar-refractivity contribution is 7.93. The summed E-state index contributed by atoms with van der Waals surface area (Å²) in [6, 6.07) is 8.18. The van der Waals surface area contributed by atoms with Gasteiger partial charge < -0.3 is 20.5 Å². The van der Waals surface area contributed by atoms with Crippen LogP contribution >= 0.6 is 0 Å². The van der Waals surface area contributed by atoms with Gasteiger partial charge in [0.15, 0.2) is 21.4 Å². The van der Waals surface area contributed by atoms with Gasteiger partial charge in [-0.3, -0.25) is 4.79 Å². The van der Waals surface area contributed by atoms with Gasteiger partial charge in [0.05, 0.1) is 40.6 Å². The number of aliphatic imine (C=N–C) groups is 1. The maximum Gasteiger partial charge on any atom is 0.387 e. The van der Waals surface area contributed by atoms with Gasteiger partial charge >= 0.3 is 6.61 Å². The predicted octanol–water partition coefficient (Wildman–Crippen LogP) is 2.56. The maximum atomic E-state index is 13.3. The Balaban J connectivity index is 1.63. The summed E-state index contributed by atoms with van der Waals surface area (Å²) >= 11 is 0. The summed E-state index contributed by atoms with van der Waals surface area (Å²) in [7, 11) is -3.17. The second-order valence-electron chi connectivity index (χ2n) is 8.84. The lowest BCUT2D eigenvalue weighted by atomic mass is 9.94. The first-order valence-corrected chi connectivity index (χ1v) is 12.6. The molecule has 2 aromatic rings. The van der Waals surface area contributed by atoms with Crippen LogP contribution in [0.5, 0.6) is 5.75 Å². The number of nitrogens with zero attached hydrogens (tertiary/aromatic N) is 2. The largest absolute Gasteiger partial charge is 0.489 e. The number of aromatic nitrogens is 1. The molecule has 9 nitrogen and oxygen atoms in total. The Hall–Kier alpha value is -3.61. The molecule has 2 aliphatic heterocycles. The fourth-order valence-electron chi connectivity index (χ4n) is 4.09. The van der Waals surface area contributed by atoms with Gasteiger partial charge in [0, 0.05) is 12.0 Å². The van der Waals surface area contributed by atoms with Crippen LogP contribution in [0.2, 0.25) is 0 Å². The molecule has 0 bridgehead atoms. The third-order valence-corrected chi connectivity index (χ3v) is 7.73. The molecular weight excluding hydrogens is 501 g/mol. The van der Waals surface area contributed by atoms with Gasteiger partial charge in [0.1, 0.15) is 18.2 Å². The van der Waals surface area contributed by atoms with Gasteiger partial charge in [0.2, 0.25) is 5.91 Å². The van der Waals surface area contributed by atoms with Crippen molar-refractivity contribution in [1.29, 1.82) is 0 Å². The molecule has 2 aliphatic rings. The average molecular weight is 525 g/mol. The van der Waals surface area contributed by atoms with Crippen molar-refractivity contribution < 1.29 is 35.9 Å². The van der Waals surface area contributed by atoms with Crippen LogP contribution in [0.4, 0.5) is 19.0 Å². The highest BCUT2D eigenvalue weighted by Gasteiger charge is 2.47. The molecule has 0 spiro atoms. The van der Waals surface area contributed by atoms with Gasteiger partial charge in [-0.25, -0.2) is 22.8 Å². The molecule has 4 rings (SSSR count). The van der Waals surface area contributed by atoms with E-state index in [1.165, 1.54) is 24.3 Å². The van der Waals surface area contributed by atoms with E-state index >= 15 is 0 Å². The van der Waals surface area contributed by atoms with Crippen molar-refractivity contribution in [3.8, 4) is 5.75 Å². The number of nitrogens with one attached hydrogen (secondary N) is 1. The van der Waals surface area contributed by atoms with Crippen LogP contribution < -0.4 is 15.8 Å². The van der Waals surface area contributed by atoms with Gasteiger partial charge in [0.25, 0.3) is 0 Å². The maximum absolute atomic E-state index is 13.3. The zero-order valence-corrected chi connectivity index (χ0v) is 19.9. The minimum absolute atomic E-state index is 0.0526. The van der Waals surface area contributed by atoms with Crippen molar-refractivity contribution in [1.82, 2.24) is 10.3 Å². The molecule has 1 aromatic heterocycles. The highest BCUT2D eigenvalue weighted by Crippen LogP contribution is 2.30. The van der Waals surface area contributed by atoms with Crippen LogP contribution in [0.15, 0.2) is 53.3 Å². The van der Waals surface area contributed by atoms with Crippen molar-refractivity contribution in [2.24, 2.45) is 16.6 Å². The van der Waals surface area contributed by atoms with Crippen molar-refractivity contribution in [3.63, 3.8) is 0 Å². The minimum atomic E-state index is -3.17. The molecule has 13 heteroatoms. The molecule has 3 heterocycles. The van der Waals surface area contributed by atoms with Crippen molar-refractivity contribution in [2.45, 2.75) is 25.5 Å². The normalized spacial score (nSPS) is 22.9. The zero-order valence-electron chi connectivity index (χ0n) is 19.1. The van der Waals surface area contributed by atoms with E-state index in [2.05, 4.69) is 20.0 Å². The Morgan fingerprint density at radius 1 is 1.31 bits per heavy atom. The molecule has 192 valence electrons. The van der Waals surface area contributed by atoms with Gasteiger partial charge in [-0.2, -0.15) is 8.78 Å². The van der Waals surface area contributed by atoms with Crippen LogP contribution in [-0.4, -0.2) is 55.3 Å². The molecule has 3 N–H and O–H groups in total. The number of benzene rings is 1. The van der Waals surface area contributed by atoms with E-state index in [1.807, 2.05) is 0 Å². The van der Waals surface area contributed by atoms with Crippen LogP contribution in [0.3, 0.4) is 0 Å². The Morgan fingerprint density at radius 2 is 2.06 bits per heavy atom. The highest BCUT2D eigenvalue weighted by atomic mass is 32.2. The molecule has 36 heavy (non-hydrogen) atoms. The first-order valence-electron chi connectivity index (χ1n) is 10.8. The molecule has 2 saturated heterocycles. The fourth-order valence-corrected chi connectivity index (χ4v) is 6.09. The fraction of sp³-hybridized carbons (Fsp3) is 0.348. The molecule has 1 amide bonds. The number of sulfone groups is 1. The predicted molar refractivity (Wildman–Crippen MR) is 125 cm³/mol. The summed E-state index contributed by atoms with van der Waals surface area (Å²) < 4.78 is 72.0. The number of allylic oxidation sites excluding steroid dienone is 1. The number of carbonyl (C=O) groups is 1. The summed E-state index contributed by atoms with van der Waals surface area (Å²) in [4.78, 5) is 21.2. The Bertz CT molecular complexity index is 1320. The summed E-state index contributed by atoms with van der Waals surface area (Å²) in [5.74, 6) is -1.90. The number of alkyl halides is 2. The zero-order chi connectivity index (χ0) is 26.1. The monoisotopic (exact) mass is 524 g/mol. The summed E-state index contributed by atoms with van der Waals surface area (Å²) in [6.07, 6.45) is 1.03. The molecule has 1 atom stereocenters. The molecule has 1 unspecified atom stereocenters. The molecular formula is C23H23F3N4O5S. The number of nitrogens with two attached hydrogens (primary N) is 1. The molecule has 0 aliphatic carbocycles. The van der Waals surface area contributed by atoms with Crippen LogP contribution in [0, 0.1) is 11.7 Å². The minimum Gasteiger partial charge on any atom is -0.489 e. The smallest absolute Gasteiger partial charge is 0.387 e. The average Bonchev–Trinajstić information content (AvgIpc) is 2.78. The van der Waals surface area contributed by atoms with E-state index in [1.54, 1.807) is 13.0 Å². The van der Waals surface area contributed by atoms with E-state index in [0.29, 0.717) is 5.56 Å². The van der Waals surface area contributed by atoms with Crippen LogP contribution in [-0.2, 0) is 19.4 Å². The number of amides is 1. The molecule has 0 saturated carbocycles. The standard InChI is InChI=1S/C23H23F3N4O5S/c1-23(11-36(32,33)12-23)30-21(31)14-8-17(29-18-6-5-15(24)9-28-18)20(34-10-14)19(27)13-3-2-4-16(7-13)35-22(25)26/h2-7,9,14,22H,8,10-12,27H2,1H3,(H,30,31)/b20-19+,29-17?. The van der Waals surface area contributed by atoms with Gasteiger partial charge in [-0.05, 0) is 31.2 Å². The van der Waals surface area contributed by atoms with E-state index in [9.17, 15) is 26.4 Å². The van der Waals surface area contributed by atoms with Gasteiger partial charge in [-0.1, -0.05) is 12.1 Å². The van der Waals surface area contributed by atoms with E-state index < -0.39 is 39.6 Å². The lowest BCUT2D eigenvalue weighted by Crippen LogP contribution is -2.64. The van der Waals surface area contributed by atoms with Gasteiger partial charge in [-0.15, -0.1) is 0 Å². The van der Waals surface area contributed by atoms with Crippen molar-refractivity contribution in [2.75, 3.05) is 18.1 Å². The number of rotatable bonds is 6. The number of pyridine rings is 1. The first-order chi connectivity index (χ1) is 16.9. The third kappa shape index (κ3) is 5.96. The number of hydrogen-bond acceptors (Lipinski definition) is 8. The van der Waals surface area contributed by atoms with E-state index in [0.717, 1.165) is 12.3 Å². The lowest BCUT2D eigenvalue weighted by molar-refractivity contribution is -0.128.